The molecule has 1 saturated heterocycles. The van der Waals surface area contributed by atoms with Gasteiger partial charge in [-0.3, -0.25) is 4.98 Å². The van der Waals surface area contributed by atoms with Crippen LogP contribution in [0.4, 0.5) is 5.82 Å². The third-order valence-corrected chi connectivity index (χ3v) is 3.75. The molecule has 3 rings (SSSR count). The molecule has 1 aliphatic carbocycles. The van der Waals surface area contributed by atoms with Crippen LogP contribution < -0.4 is 10.2 Å². The van der Waals surface area contributed by atoms with Crippen molar-refractivity contribution in [2.45, 2.75) is 31.8 Å². The van der Waals surface area contributed by atoms with Gasteiger partial charge in [0.05, 0.1) is 18.1 Å². The molecule has 16 heavy (non-hydrogen) atoms. The SMILES string of the molecule is CNCc1cnc(N2CC3CCC2C3)cn1. The minimum absolute atomic E-state index is 0.731. The van der Waals surface area contributed by atoms with Crippen molar-refractivity contribution >= 4 is 5.82 Å². The second-order valence-electron chi connectivity index (χ2n) is 4.88. The van der Waals surface area contributed by atoms with E-state index in [9.17, 15) is 0 Å². The third kappa shape index (κ3) is 1.67. The summed E-state index contributed by atoms with van der Waals surface area (Å²) in [6.45, 7) is 1.98. The molecule has 86 valence electrons. The summed E-state index contributed by atoms with van der Waals surface area (Å²) in [5, 5.41) is 3.08. The number of hydrogen-bond acceptors (Lipinski definition) is 4. The Morgan fingerprint density at radius 1 is 1.38 bits per heavy atom. The first kappa shape index (κ1) is 10.0. The maximum Gasteiger partial charge on any atom is 0.147 e. The lowest BCUT2D eigenvalue weighted by atomic mass is 10.1. The highest BCUT2D eigenvalue weighted by Gasteiger charge is 2.38. The van der Waals surface area contributed by atoms with E-state index in [0.29, 0.717) is 0 Å². The smallest absolute Gasteiger partial charge is 0.147 e. The Kier molecular flexibility index (Phi) is 2.52. The van der Waals surface area contributed by atoms with E-state index in [4.69, 9.17) is 0 Å². The average molecular weight is 218 g/mol. The van der Waals surface area contributed by atoms with E-state index in [2.05, 4.69) is 20.2 Å². The molecular weight excluding hydrogens is 200 g/mol. The van der Waals surface area contributed by atoms with E-state index >= 15 is 0 Å². The monoisotopic (exact) mass is 218 g/mol. The molecule has 4 heteroatoms. The van der Waals surface area contributed by atoms with Gasteiger partial charge in [-0.25, -0.2) is 4.98 Å². The van der Waals surface area contributed by atoms with Crippen molar-refractivity contribution in [2.75, 3.05) is 18.5 Å². The van der Waals surface area contributed by atoms with Crippen LogP contribution in [0.25, 0.3) is 0 Å². The molecule has 2 bridgehead atoms. The van der Waals surface area contributed by atoms with Gasteiger partial charge in [-0.2, -0.15) is 0 Å². The second kappa shape index (κ2) is 4.01. The molecular formula is C12H18N4. The van der Waals surface area contributed by atoms with E-state index in [0.717, 1.165) is 30.0 Å². The topological polar surface area (TPSA) is 41.1 Å². The van der Waals surface area contributed by atoms with Crippen molar-refractivity contribution in [3.63, 3.8) is 0 Å². The number of piperidine rings is 1. The Bertz CT molecular complexity index is 362. The minimum atomic E-state index is 0.731. The first-order valence-corrected chi connectivity index (χ1v) is 6.09. The van der Waals surface area contributed by atoms with Crippen molar-refractivity contribution in [1.29, 1.82) is 0 Å². The number of aromatic nitrogens is 2. The summed E-state index contributed by atoms with van der Waals surface area (Å²) >= 11 is 0. The lowest BCUT2D eigenvalue weighted by Crippen LogP contribution is -2.32. The lowest BCUT2D eigenvalue weighted by Gasteiger charge is -2.27. The Morgan fingerprint density at radius 2 is 2.31 bits per heavy atom. The highest BCUT2D eigenvalue weighted by molar-refractivity contribution is 5.40. The van der Waals surface area contributed by atoms with E-state index in [1.807, 2.05) is 19.4 Å². The highest BCUT2D eigenvalue weighted by atomic mass is 15.2. The highest BCUT2D eigenvalue weighted by Crippen LogP contribution is 2.39. The van der Waals surface area contributed by atoms with Crippen molar-refractivity contribution in [3.05, 3.63) is 18.1 Å². The fraction of sp³-hybridized carbons (Fsp3) is 0.667. The van der Waals surface area contributed by atoms with E-state index in [1.165, 1.54) is 25.8 Å². The van der Waals surface area contributed by atoms with Crippen LogP contribution in [0.5, 0.6) is 0 Å². The number of rotatable bonds is 3. The van der Waals surface area contributed by atoms with Gasteiger partial charge in [0.1, 0.15) is 5.82 Å². The van der Waals surface area contributed by atoms with Gasteiger partial charge < -0.3 is 10.2 Å². The standard InChI is InChI=1S/C12H18N4/c1-13-5-10-6-15-12(7-14-10)16-8-9-2-3-11(16)4-9/h6-7,9,11,13H,2-5,8H2,1H3. The van der Waals surface area contributed by atoms with Crippen LogP contribution in [0, 0.1) is 5.92 Å². The predicted octanol–water partition coefficient (Wildman–Crippen LogP) is 1.18. The van der Waals surface area contributed by atoms with Gasteiger partial charge in [0, 0.05) is 19.1 Å². The third-order valence-electron chi connectivity index (χ3n) is 3.75. The molecule has 1 aromatic rings. The molecule has 2 unspecified atom stereocenters. The van der Waals surface area contributed by atoms with Crippen molar-refractivity contribution < 1.29 is 0 Å². The fourth-order valence-corrected chi connectivity index (χ4v) is 2.97. The first-order chi connectivity index (χ1) is 7.86. The summed E-state index contributed by atoms with van der Waals surface area (Å²) in [4.78, 5) is 11.4. The first-order valence-electron chi connectivity index (χ1n) is 6.09. The zero-order valence-corrected chi connectivity index (χ0v) is 9.69. The summed E-state index contributed by atoms with van der Waals surface area (Å²) in [6, 6.07) is 0.731. The number of nitrogens with zero attached hydrogens (tertiary/aromatic N) is 3. The van der Waals surface area contributed by atoms with Gasteiger partial charge >= 0.3 is 0 Å². The molecule has 2 aliphatic rings. The molecule has 0 aromatic carbocycles. The summed E-state index contributed by atoms with van der Waals surface area (Å²) in [5.74, 6) is 1.97. The normalized spacial score (nSPS) is 27.7. The molecule has 1 saturated carbocycles. The fourth-order valence-electron chi connectivity index (χ4n) is 2.97. The van der Waals surface area contributed by atoms with Gasteiger partial charge in [-0.05, 0) is 32.2 Å². The maximum absolute atomic E-state index is 4.52. The maximum atomic E-state index is 4.52. The van der Waals surface area contributed by atoms with E-state index in [1.54, 1.807) is 0 Å². The van der Waals surface area contributed by atoms with Crippen molar-refractivity contribution in [3.8, 4) is 0 Å². The summed E-state index contributed by atoms with van der Waals surface area (Å²) < 4.78 is 0. The lowest BCUT2D eigenvalue weighted by molar-refractivity contribution is 0.549. The Balaban J connectivity index is 1.75. The molecule has 0 spiro atoms. The Morgan fingerprint density at radius 3 is 2.88 bits per heavy atom. The number of nitrogens with one attached hydrogen (secondary N) is 1. The summed E-state index contributed by atoms with van der Waals surface area (Å²) in [7, 11) is 1.93. The van der Waals surface area contributed by atoms with Gasteiger partial charge in [-0.15, -0.1) is 0 Å². The molecule has 1 aliphatic heterocycles. The van der Waals surface area contributed by atoms with Gasteiger partial charge in [0.25, 0.3) is 0 Å². The van der Waals surface area contributed by atoms with Gasteiger partial charge in [0.15, 0.2) is 0 Å². The molecule has 2 heterocycles. The molecule has 0 amide bonds. The van der Waals surface area contributed by atoms with Gasteiger partial charge in [-0.1, -0.05) is 0 Å². The van der Waals surface area contributed by atoms with E-state index in [-0.39, 0.29) is 0 Å². The molecule has 1 aromatic heterocycles. The van der Waals surface area contributed by atoms with Crippen LogP contribution in [0.1, 0.15) is 25.0 Å². The number of fused-ring (bicyclic) bond motifs is 2. The summed E-state index contributed by atoms with van der Waals surface area (Å²) in [6.07, 6.45) is 7.92. The second-order valence-corrected chi connectivity index (χ2v) is 4.88. The van der Waals surface area contributed by atoms with Crippen LogP contribution in [0.15, 0.2) is 12.4 Å². The van der Waals surface area contributed by atoms with Gasteiger partial charge in [0.2, 0.25) is 0 Å². The minimum Gasteiger partial charge on any atom is -0.352 e. The molecule has 2 fully saturated rings. The zero-order chi connectivity index (χ0) is 11.0. The van der Waals surface area contributed by atoms with Crippen LogP contribution in [0.3, 0.4) is 0 Å². The average Bonchev–Trinajstić information content (AvgIpc) is 2.92. The largest absolute Gasteiger partial charge is 0.352 e. The predicted molar refractivity (Wildman–Crippen MR) is 63.3 cm³/mol. The Hall–Kier alpha value is -1.16. The quantitative estimate of drug-likeness (QED) is 0.827. The molecule has 2 atom stereocenters. The van der Waals surface area contributed by atoms with Crippen LogP contribution in [-0.4, -0.2) is 29.6 Å². The van der Waals surface area contributed by atoms with Crippen LogP contribution in [0.2, 0.25) is 0 Å². The van der Waals surface area contributed by atoms with E-state index < -0.39 is 0 Å². The van der Waals surface area contributed by atoms with Crippen molar-refractivity contribution in [2.24, 2.45) is 5.92 Å². The number of hydrogen-bond donors (Lipinski definition) is 1. The molecule has 0 radical (unpaired) electrons. The number of anilines is 1. The Labute approximate surface area is 96.1 Å². The van der Waals surface area contributed by atoms with Crippen LogP contribution >= 0.6 is 0 Å². The molecule has 1 N–H and O–H groups in total. The summed E-state index contributed by atoms with van der Waals surface area (Å²) in [5.41, 5.74) is 1.01. The molecule has 4 nitrogen and oxygen atoms in total. The zero-order valence-electron chi connectivity index (χ0n) is 9.69. The van der Waals surface area contributed by atoms with Crippen LogP contribution in [-0.2, 0) is 6.54 Å². The van der Waals surface area contributed by atoms with Crippen molar-refractivity contribution in [1.82, 2.24) is 15.3 Å².